The molecule has 1 amide bonds. The summed E-state index contributed by atoms with van der Waals surface area (Å²) >= 11 is 0. The Morgan fingerprint density at radius 1 is 1.29 bits per heavy atom. The summed E-state index contributed by atoms with van der Waals surface area (Å²) in [7, 11) is 1.49. The van der Waals surface area contributed by atoms with Gasteiger partial charge in [0, 0.05) is 11.3 Å². The van der Waals surface area contributed by atoms with Crippen molar-refractivity contribution in [1.29, 1.82) is 0 Å². The number of H-pyrrole nitrogens is 1. The first-order chi connectivity index (χ1) is 10.2. The van der Waals surface area contributed by atoms with Crippen LogP contribution < -0.4 is 10.1 Å². The zero-order chi connectivity index (χ0) is 14.8. The van der Waals surface area contributed by atoms with Crippen LogP contribution in [0.1, 0.15) is 0 Å². The second-order valence-corrected chi connectivity index (χ2v) is 4.47. The number of methoxy groups -OCH3 is 1. The van der Waals surface area contributed by atoms with Crippen molar-refractivity contribution >= 4 is 23.1 Å². The van der Waals surface area contributed by atoms with E-state index < -0.39 is 0 Å². The highest BCUT2D eigenvalue weighted by Gasteiger charge is 2.09. The van der Waals surface area contributed by atoms with Crippen LogP contribution in [-0.2, 0) is 4.79 Å². The molecular formula is C15H13N3O3. The van der Waals surface area contributed by atoms with Crippen LogP contribution in [0.3, 0.4) is 0 Å². The first-order valence-electron chi connectivity index (χ1n) is 6.28. The predicted molar refractivity (Wildman–Crippen MR) is 79.4 cm³/mol. The lowest BCUT2D eigenvalue weighted by atomic mass is 10.2. The van der Waals surface area contributed by atoms with Gasteiger partial charge in [0.1, 0.15) is 5.82 Å². The number of anilines is 1. The Morgan fingerprint density at radius 3 is 2.90 bits per heavy atom. The summed E-state index contributed by atoms with van der Waals surface area (Å²) in [6, 6.07) is 10.4. The molecule has 0 unspecified atom stereocenters. The van der Waals surface area contributed by atoms with Crippen LogP contribution in [0.4, 0.5) is 5.69 Å². The van der Waals surface area contributed by atoms with E-state index in [1.165, 1.54) is 7.11 Å². The van der Waals surface area contributed by atoms with E-state index >= 15 is 0 Å². The molecule has 0 fully saturated rings. The molecule has 6 nitrogen and oxygen atoms in total. The van der Waals surface area contributed by atoms with Crippen LogP contribution in [0.5, 0.6) is 11.5 Å². The number of fused-ring (bicyclic) bond motifs is 1. The second kappa shape index (κ2) is 5.16. The number of aromatic nitrogens is 2. The number of ether oxygens (including phenoxy) is 1. The molecule has 6 heteroatoms. The number of carbonyl (C=O) groups excluding carboxylic acids is 1. The van der Waals surface area contributed by atoms with Gasteiger partial charge in [0.15, 0.2) is 11.5 Å². The van der Waals surface area contributed by atoms with Crippen LogP contribution >= 0.6 is 0 Å². The van der Waals surface area contributed by atoms with E-state index in [1.54, 1.807) is 30.3 Å². The Balaban J connectivity index is 2.06. The molecule has 1 aromatic heterocycles. The van der Waals surface area contributed by atoms with Gasteiger partial charge in [-0.1, -0.05) is 0 Å². The van der Waals surface area contributed by atoms with Crippen molar-refractivity contribution in [1.82, 2.24) is 9.97 Å². The fraction of sp³-hybridized carbons (Fsp3) is 0.0667. The van der Waals surface area contributed by atoms with Crippen LogP contribution in [0.2, 0.25) is 0 Å². The summed E-state index contributed by atoms with van der Waals surface area (Å²) < 4.78 is 5.09. The highest BCUT2D eigenvalue weighted by atomic mass is 16.5. The number of nitrogens with one attached hydrogen (secondary N) is 2. The van der Waals surface area contributed by atoms with Crippen molar-refractivity contribution in [2.75, 3.05) is 12.4 Å². The topological polar surface area (TPSA) is 87.2 Å². The van der Waals surface area contributed by atoms with Crippen molar-refractivity contribution in [3.8, 4) is 22.9 Å². The average Bonchev–Trinajstić information content (AvgIpc) is 2.91. The Bertz CT molecular complexity index is 811. The van der Waals surface area contributed by atoms with Crippen molar-refractivity contribution in [3.63, 3.8) is 0 Å². The molecule has 0 spiro atoms. The minimum absolute atomic E-state index is 0.0785. The molecular weight excluding hydrogens is 270 g/mol. The summed E-state index contributed by atoms with van der Waals surface area (Å²) in [5.74, 6) is 1.12. The number of hydrogen-bond donors (Lipinski definition) is 3. The minimum atomic E-state index is 0.0785. The predicted octanol–water partition coefficient (Wildman–Crippen LogP) is 2.51. The SMILES string of the molecule is COc1cc(-c2nc3ccc(NC=O)cc3[nH]2)ccc1O. The molecule has 0 aliphatic heterocycles. The number of nitrogens with zero attached hydrogens (tertiary/aromatic N) is 1. The number of imidazole rings is 1. The molecule has 3 N–H and O–H groups in total. The lowest BCUT2D eigenvalue weighted by molar-refractivity contribution is -0.105. The molecule has 2 aromatic carbocycles. The molecule has 0 radical (unpaired) electrons. The van der Waals surface area contributed by atoms with Crippen LogP contribution in [0.25, 0.3) is 22.4 Å². The Hall–Kier alpha value is -3.02. The number of rotatable bonds is 4. The third-order valence-corrected chi connectivity index (χ3v) is 3.16. The third-order valence-electron chi connectivity index (χ3n) is 3.16. The lowest BCUT2D eigenvalue weighted by Gasteiger charge is -2.04. The van der Waals surface area contributed by atoms with E-state index in [4.69, 9.17) is 4.74 Å². The quantitative estimate of drug-likeness (QED) is 0.642. The third kappa shape index (κ3) is 2.38. The van der Waals surface area contributed by atoms with E-state index in [0.717, 1.165) is 16.6 Å². The summed E-state index contributed by atoms with van der Waals surface area (Å²) in [5.41, 5.74) is 3.08. The van der Waals surface area contributed by atoms with Gasteiger partial charge >= 0.3 is 0 Å². The largest absolute Gasteiger partial charge is 0.504 e. The van der Waals surface area contributed by atoms with Gasteiger partial charge in [-0.3, -0.25) is 4.79 Å². The number of benzene rings is 2. The maximum atomic E-state index is 10.5. The van der Waals surface area contributed by atoms with Gasteiger partial charge in [-0.2, -0.15) is 0 Å². The van der Waals surface area contributed by atoms with Gasteiger partial charge in [-0.25, -0.2) is 4.98 Å². The van der Waals surface area contributed by atoms with E-state index in [1.807, 2.05) is 6.07 Å². The van der Waals surface area contributed by atoms with Crippen LogP contribution in [0.15, 0.2) is 36.4 Å². The molecule has 3 aromatic rings. The number of amides is 1. The van der Waals surface area contributed by atoms with Crippen LogP contribution in [0, 0.1) is 0 Å². The molecule has 0 bridgehead atoms. The number of hydrogen-bond acceptors (Lipinski definition) is 4. The molecule has 0 atom stereocenters. The first-order valence-corrected chi connectivity index (χ1v) is 6.28. The molecule has 0 saturated carbocycles. The van der Waals surface area contributed by atoms with Gasteiger partial charge in [0.2, 0.25) is 6.41 Å². The molecule has 0 aliphatic carbocycles. The lowest BCUT2D eigenvalue weighted by Crippen LogP contribution is -1.92. The average molecular weight is 283 g/mol. The van der Waals surface area contributed by atoms with Gasteiger partial charge in [0.25, 0.3) is 0 Å². The summed E-state index contributed by atoms with van der Waals surface area (Å²) in [6.45, 7) is 0. The second-order valence-electron chi connectivity index (χ2n) is 4.47. The zero-order valence-corrected chi connectivity index (χ0v) is 11.3. The van der Waals surface area contributed by atoms with Crippen LogP contribution in [-0.4, -0.2) is 28.6 Å². The van der Waals surface area contributed by atoms with Gasteiger partial charge in [0.05, 0.1) is 18.1 Å². The van der Waals surface area contributed by atoms with Crippen molar-refractivity contribution < 1.29 is 14.6 Å². The van der Waals surface area contributed by atoms with Gasteiger partial charge in [-0.05, 0) is 36.4 Å². The zero-order valence-electron chi connectivity index (χ0n) is 11.3. The monoisotopic (exact) mass is 283 g/mol. The van der Waals surface area contributed by atoms with Crippen molar-refractivity contribution in [3.05, 3.63) is 36.4 Å². The van der Waals surface area contributed by atoms with Gasteiger partial charge in [-0.15, -0.1) is 0 Å². The first kappa shape index (κ1) is 13.0. The molecule has 3 rings (SSSR count). The van der Waals surface area contributed by atoms with Crippen molar-refractivity contribution in [2.45, 2.75) is 0 Å². The number of carbonyl (C=O) groups is 1. The number of aromatic amines is 1. The van der Waals surface area contributed by atoms with E-state index in [0.29, 0.717) is 23.7 Å². The Morgan fingerprint density at radius 2 is 2.14 bits per heavy atom. The Labute approximate surface area is 120 Å². The number of phenols is 1. The molecule has 21 heavy (non-hydrogen) atoms. The van der Waals surface area contributed by atoms with E-state index in [-0.39, 0.29) is 5.75 Å². The standard InChI is InChI=1S/C15H13N3O3/c1-21-14-6-9(2-5-13(14)20)15-17-11-4-3-10(16-8-19)7-12(11)18-15/h2-8,20H,1H3,(H,16,19)(H,17,18). The number of phenolic OH excluding ortho intramolecular Hbond substituents is 1. The molecule has 0 aliphatic rings. The maximum absolute atomic E-state index is 10.5. The summed E-state index contributed by atoms with van der Waals surface area (Å²) in [6.07, 6.45) is 0.628. The summed E-state index contributed by atoms with van der Waals surface area (Å²) in [5, 5.41) is 12.2. The molecule has 1 heterocycles. The highest BCUT2D eigenvalue weighted by molar-refractivity contribution is 5.85. The highest BCUT2D eigenvalue weighted by Crippen LogP contribution is 2.31. The van der Waals surface area contributed by atoms with Gasteiger partial charge < -0.3 is 20.1 Å². The molecule has 106 valence electrons. The van der Waals surface area contributed by atoms with E-state index in [2.05, 4.69) is 15.3 Å². The summed E-state index contributed by atoms with van der Waals surface area (Å²) in [4.78, 5) is 18.1. The van der Waals surface area contributed by atoms with Crippen molar-refractivity contribution in [2.24, 2.45) is 0 Å². The number of aromatic hydroxyl groups is 1. The van der Waals surface area contributed by atoms with E-state index in [9.17, 15) is 9.90 Å². The molecule has 0 saturated heterocycles. The smallest absolute Gasteiger partial charge is 0.211 e. The fourth-order valence-electron chi connectivity index (χ4n) is 2.13. The normalized spacial score (nSPS) is 10.5. The fourth-order valence-corrected chi connectivity index (χ4v) is 2.13. The maximum Gasteiger partial charge on any atom is 0.211 e. The Kier molecular flexibility index (Phi) is 3.19. The minimum Gasteiger partial charge on any atom is -0.504 e.